The largest absolute Gasteiger partial charge is 0.320 e. The number of nitro benzene ring substituents is 1. The second-order valence-electron chi connectivity index (χ2n) is 8.59. The van der Waals surface area contributed by atoms with E-state index in [0.717, 1.165) is 49.4 Å². The lowest BCUT2D eigenvalue weighted by Crippen LogP contribution is -2.27. The fraction of sp³-hybridized carbons (Fsp3) is 0.240. The summed E-state index contributed by atoms with van der Waals surface area (Å²) in [5.41, 5.74) is 0.622. The van der Waals surface area contributed by atoms with E-state index >= 15 is 0 Å². The standard InChI is InChI=1S/C25H23N7O4/c1-16-14-21(33)23(29-31(16)19-10-4-5-11-20(19)32(35)36)25(34)26-18-9-7-8-17(15-18)24-28-27-22-12-3-2-6-13-30(22)24/h4-5,7-11,14-15H,2-3,6,12-13H2,1H3,(H,26,34). The van der Waals surface area contributed by atoms with Crippen molar-refractivity contribution in [1.82, 2.24) is 24.5 Å². The van der Waals surface area contributed by atoms with Crippen molar-refractivity contribution >= 4 is 17.3 Å². The third-order valence-electron chi connectivity index (χ3n) is 6.12. The fourth-order valence-corrected chi connectivity index (χ4v) is 4.37. The van der Waals surface area contributed by atoms with Crippen LogP contribution in [0, 0.1) is 17.0 Å². The first-order chi connectivity index (χ1) is 17.4. The van der Waals surface area contributed by atoms with Crippen LogP contribution in [-0.2, 0) is 13.0 Å². The average molecular weight is 486 g/mol. The Balaban J connectivity index is 1.46. The molecule has 0 aliphatic carbocycles. The number of nitro groups is 1. The van der Waals surface area contributed by atoms with Crippen LogP contribution >= 0.6 is 0 Å². The van der Waals surface area contributed by atoms with E-state index in [1.165, 1.54) is 28.9 Å². The van der Waals surface area contributed by atoms with Gasteiger partial charge in [0, 0.05) is 42.0 Å². The number of nitrogens with one attached hydrogen (secondary N) is 1. The lowest BCUT2D eigenvalue weighted by molar-refractivity contribution is -0.384. The Morgan fingerprint density at radius 1 is 1.06 bits per heavy atom. The van der Waals surface area contributed by atoms with E-state index in [-0.39, 0.29) is 17.1 Å². The topological polar surface area (TPSA) is 138 Å². The Kier molecular flexibility index (Phi) is 6.11. The van der Waals surface area contributed by atoms with E-state index in [4.69, 9.17) is 0 Å². The SMILES string of the molecule is Cc1cc(=O)c(C(=O)Nc2cccc(-c3nnc4n3CCCCC4)c2)nn1-c1ccccc1[N+](=O)[O-]. The summed E-state index contributed by atoms with van der Waals surface area (Å²) in [5.74, 6) is 0.969. The first-order valence-electron chi connectivity index (χ1n) is 11.6. The number of rotatable bonds is 5. The third-order valence-corrected chi connectivity index (χ3v) is 6.12. The fourth-order valence-electron chi connectivity index (χ4n) is 4.37. The number of para-hydroxylation sites is 2. The van der Waals surface area contributed by atoms with Crippen molar-refractivity contribution < 1.29 is 9.72 Å². The van der Waals surface area contributed by atoms with E-state index in [1.54, 1.807) is 31.2 Å². The second kappa shape index (κ2) is 9.53. The number of hydrogen-bond donors (Lipinski definition) is 1. The van der Waals surface area contributed by atoms with Crippen molar-refractivity contribution in [3.8, 4) is 17.1 Å². The summed E-state index contributed by atoms with van der Waals surface area (Å²) in [6.45, 7) is 2.43. The maximum Gasteiger partial charge on any atom is 0.294 e. The molecule has 0 saturated carbocycles. The summed E-state index contributed by atoms with van der Waals surface area (Å²) in [6, 6.07) is 14.4. The van der Waals surface area contributed by atoms with Crippen LogP contribution in [0.5, 0.6) is 0 Å². The molecule has 1 amide bonds. The molecule has 11 heteroatoms. The van der Waals surface area contributed by atoms with Crippen molar-refractivity contribution in [3.05, 3.63) is 92.1 Å². The van der Waals surface area contributed by atoms with Gasteiger partial charge in [0.1, 0.15) is 11.5 Å². The predicted octanol–water partition coefficient (Wildman–Crippen LogP) is 3.69. The molecule has 4 aromatic rings. The molecule has 0 bridgehead atoms. The number of hydrogen-bond acceptors (Lipinski definition) is 7. The number of carbonyl (C=O) groups is 1. The normalized spacial score (nSPS) is 13.0. The van der Waals surface area contributed by atoms with Crippen molar-refractivity contribution in [2.45, 2.75) is 39.2 Å². The second-order valence-corrected chi connectivity index (χ2v) is 8.59. The molecule has 36 heavy (non-hydrogen) atoms. The molecule has 0 radical (unpaired) electrons. The number of aryl methyl sites for hydroxylation is 2. The third kappa shape index (κ3) is 4.38. The van der Waals surface area contributed by atoms with E-state index in [9.17, 15) is 19.7 Å². The van der Waals surface area contributed by atoms with E-state index in [0.29, 0.717) is 11.4 Å². The molecule has 0 fully saturated rings. The van der Waals surface area contributed by atoms with Gasteiger partial charge < -0.3 is 9.88 Å². The van der Waals surface area contributed by atoms with Crippen molar-refractivity contribution in [1.29, 1.82) is 0 Å². The summed E-state index contributed by atoms with van der Waals surface area (Å²) in [7, 11) is 0. The van der Waals surface area contributed by atoms with Crippen LogP contribution in [0.4, 0.5) is 11.4 Å². The van der Waals surface area contributed by atoms with Gasteiger partial charge in [-0.2, -0.15) is 5.10 Å². The Morgan fingerprint density at radius 3 is 2.72 bits per heavy atom. The molecule has 11 nitrogen and oxygen atoms in total. The highest BCUT2D eigenvalue weighted by atomic mass is 16.6. The van der Waals surface area contributed by atoms with Gasteiger partial charge in [0.25, 0.3) is 11.6 Å². The predicted molar refractivity (Wildman–Crippen MR) is 132 cm³/mol. The highest BCUT2D eigenvalue weighted by molar-refractivity contribution is 6.03. The number of aromatic nitrogens is 5. The quantitative estimate of drug-likeness (QED) is 0.336. The minimum absolute atomic E-state index is 0.156. The molecule has 0 atom stereocenters. The van der Waals surface area contributed by atoms with Gasteiger partial charge >= 0.3 is 0 Å². The Labute approximate surface area is 205 Å². The number of anilines is 1. The average Bonchev–Trinajstić information content (AvgIpc) is 3.12. The minimum Gasteiger partial charge on any atom is -0.320 e. The lowest BCUT2D eigenvalue weighted by Gasteiger charge is -2.12. The molecule has 0 spiro atoms. The van der Waals surface area contributed by atoms with Gasteiger partial charge in [-0.25, -0.2) is 4.68 Å². The summed E-state index contributed by atoms with van der Waals surface area (Å²) in [5, 5.41) is 27.1. The van der Waals surface area contributed by atoms with Crippen LogP contribution in [-0.4, -0.2) is 35.4 Å². The van der Waals surface area contributed by atoms with Crippen molar-refractivity contribution in [3.63, 3.8) is 0 Å². The zero-order chi connectivity index (χ0) is 25.2. The molecule has 1 aliphatic rings. The monoisotopic (exact) mass is 485 g/mol. The van der Waals surface area contributed by atoms with Crippen molar-refractivity contribution in [2.75, 3.05) is 5.32 Å². The Morgan fingerprint density at radius 2 is 1.89 bits per heavy atom. The van der Waals surface area contributed by atoms with Crippen molar-refractivity contribution in [2.24, 2.45) is 0 Å². The Hall–Kier alpha value is -4.67. The van der Waals surface area contributed by atoms with Crippen LogP contribution in [0.2, 0.25) is 0 Å². The molecule has 0 unspecified atom stereocenters. The van der Waals surface area contributed by atoms with Gasteiger partial charge in [-0.15, -0.1) is 10.2 Å². The van der Waals surface area contributed by atoms with Gasteiger partial charge in [0.05, 0.1) is 4.92 Å². The zero-order valence-electron chi connectivity index (χ0n) is 19.5. The number of nitrogens with zero attached hydrogens (tertiary/aromatic N) is 6. The lowest BCUT2D eigenvalue weighted by atomic mass is 10.1. The summed E-state index contributed by atoms with van der Waals surface area (Å²) < 4.78 is 3.34. The molecule has 1 N–H and O–H groups in total. The molecule has 2 aromatic heterocycles. The number of amides is 1. The van der Waals surface area contributed by atoms with Crippen LogP contribution in [0.3, 0.4) is 0 Å². The van der Waals surface area contributed by atoms with Gasteiger partial charge in [0.15, 0.2) is 11.5 Å². The van der Waals surface area contributed by atoms with E-state index < -0.39 is 16.3 Å². The van der Waals surface area contributed by atoms with Crippen LogP contribution in [0.1, 0.15) is 41.3 Å². The molecule has 1 aliphatic heterocycles. The van der Waals surface area contributed by atoms with Gasteiger partial charge in [-0.1, -0.05) is 30.7 Å². The van der Waals surface area contributed by atoms with Gasteiger partial charge in [-0.05, 0) is 38.0 Å². The maximum absolute atomic E-state index is 13.1. The number of benzene rings is 2. The highest BCUT2D eigenvalue weighted by Crippen LogP contribution is 2.25. The molecular weight excluding hydrogens is 462 g/mol. The molecule has 5 rings (SSSR count). The first-order valence-corrected chi connectivity index (χ1v) is 11.6. The van der Waals surface area contributed by atoms with E-state index in [2.05, 4.69) is 25.2 Å². The molecule has 182 valence electrons. The summed E-state index contributed by atoms with van der Waals surface area (Å²) in [6.07, 6.45) is 4.17. The molecule has 0 saturated heterocycles. The molecular formula is C25H23N7O4. The summed E-state index contributed by atoms with van der Waals surface area (Å²) >= 11 is 0. The Bertz CT molecular complexity index is 1540. The molecule has 3 heterocycles. The molecule has 2 aromatic carbocycles. The van der Waals surface area contributed by atoms with Crippen LogP contribution < -0.4 is 10.7 Å². The van der Waals surface area contributed by atoms with Gasteiger partial charge in [0.2, 0.25) is 5.43 Å². The van der Waals surface area contributed by atoms with Crippen LogP contribution in [0.25, 0.3) is 17.1 Å². The maximum atomic E-state index is 13.1. The van der Waals surface area contributed by atoms with E-state index in [1.807, 2.05) is 6.07 Å². The zero-order valence-corrected chi connectivity index (χ0v) is 19.5. The minimum atomic E-state index is -0.718. The van der Waals surface area contributed by atoms with Crippen LogP contribution in [0.15, 0.2) is 59.4 Å². The first kappa shape index (κ1) is 23.1. The van der Waals surface area contributed by atoms with Gasteiger partial charge in [-0.3, -0.25) is 19.7 Å². The highest BCUT2D eigenvalue weighted by Gasteiger charge is 2.21. The smallest absolute Gasteiger partial charge is 0.294 e. The number of carbonyl (C=O) groups excluding carboxylic acids is 1. The number of fused-ring (bicyclic) bond motifs is 1. The summed E-state index contributed by atoms with van der Waals surface area (Å²) in [4.78, 5) is 36.6.